The van der Waals surface area contributed by atoms with E-state index in [0.717, 1.165) is 5.52 Å². The molecule has 0 aliphatic carbocycles. The molecule has 8 heteroatoms. The second kappa shape index (κ2) is 4.57. The molecule has 0 unspecified atom stereocenters. The number of anilines is 1. The highest BCUT2D eigenvalue weighted by Crippen LogP contribution is 2.20. The number of hydrogen-bond donors (Lipinski definition) is 1. The monoisotopic (exact) mass is 270 g/mol. The number of fused-ring (bicyclic) bond motifs is 1. The second-order valence-corrected chi connectivity index (χ2v) is 3.98. The first-order valence-electron chi connectivity index (χ1n) is 5.69. The molecule has 2 aromatic heterocycles. The SMILES string of the molecule is COC(=O)c1ncn(-c2ncnc3ccc(N)cc23)n1. The number of aromatic nitrogens is 5. The molecule has 1 aromatic carbocycles. The minimum absolute atomic E-state index is 0.0387. The molecule has 0 radical (unpaired) electrons. The van der Waals surface area contributed by atoms with Crippen molar-refractivity contribution >= 4 is 22.6 Å². The van der Waals surface area contributed by atoms with Crippen molar-refractivity contribution in [2.24, 2.45) is 0 Å². The van der Waals surface area contributed by atoms with Crippen LogP contribution in [0, 0.1) is 0 Å². The molecule has 2 N–H and O–H groups in total. The summed E-state index contributed by atoms with van der Waals surface area (Å²) in [5.74, 6) is -0.158. The molecule has 0 aliphatic rings. The van der Waals surface area contributed by atoms with Crippen LogP contribution < -0.4 is 5.73 Å². The minimum atomic E-state index is -0.610. The van der Waals surface area contributed by atoms with Crippen LogP contribution in [0.25, 0.3) is 16.7 Å². The third kappa shape index (κ3) is 1.92. The van der Waals surface area contributed by atoms with E-state index in [1.54, 1.807) is 18.2 Å². The van der Waals surface area contributed by atoms with Crippen LogP contribution in [0.2, 0.25) is 0 Å². The zero-order valence-corrected chi connectivity index (χ0v) is 10.5. The van der Waals surface area contributed by atoms with Crippen LogP contribution in [0.1, 0.15) is 10.6 Å². The Kier molecular flexibility index (Phi) is 2.75. The van der Waals surface area contributed by atoms with Gasteiger partial charge in [0.2, 0.25) is 0 Å². The predicted molar refractivity (Wildman–Crippen MR) is 70.2 cm³/mol. The number of nitrogen functional groups attached to an aromatic ring is 1. The first-order valence-corrected chi connectivity index (χ1v) is 5.69. The molecule has 0 saturated carbocycles. The van der Waals surface area contributed by atoms with Crippen LogP contribution in [0.5, 0.6) is 0 Å². The zero-order chi connectivity index (χ0) is 14.1. The van der Waals surface area contributed by atoms with Crippen LogP contribution in [0.3, 0.4) is 0 Å². The Labute approximate surface area is 113 Å². The van der Waals surface area contributed by atoms with Crippen LogP contribution in [-0.4, -0.2) is 37.8 Å². The van der Waals surface area contributed by atoms with Crippen LogP contribution in [-0.2, 0) is 4.74 Å². The lowest BCUT2D eigenvalue weighted by Crippen LogP contribution is -2.06. The fourth-order valence-corrected chi connectivity index (χ4v) is 1.79. The lowest BCUT2D eigenvalue weighted by molar-refractivity contribution is 0.0587. The Balaban J connectivity index is 2.16. The molecule has 0 spiro atoms. The largest absolute Gasteiger partial charge is 0.463 e. The number of esters is 1. The van der Waals surface area contributed by atoms with Gasteiger partial charge in [-0.25, -0.2) is 24.4 Å². The van der Waals surface area contributed by atoms with Gasteiger partial charge in [-0.2, -0.15) is 0 Å². The number of benzene rings is 1. The number of ether oxygens (including phenoxy) is 1. The van der Waals surface area contributed by atoms with Crippen molar-refractivity contribution in [3.8, 4) is 5.82 Å². The summed E-state index contributed by atoms with van der Waals surface area (Å²) in [6.45, 7) is 0. The van der Waals surface area contributed by atoms with Crippen molar-refractivity contribution in [1.82, 2.24) is 24.7 Å². The smallest absolute Gasteiger partial charge is 0.377 e. The predicted octanol–water partition coefficient (Wildman–Crippen LogP) is 0.579. The average molecular weight is 270 g/mol. The molecule has 0 saturated heterocycles. The molecule has 0 fully saturated rings. The molecule has 0 bridgehead atoms. The van der Waals surface area contributed by atoms with Crippen molar-refractivity contribution < 1.29 is 9.53 Å². The maximum absolute atomic E-state index is 11.4. The summed E-state index contributed by atoms with van der Waals surface area (Å²) in [7, 11) is 1.27. The van der Waals surface area contributed by atoms with E-state index in [2.05, 4.69) is 24.8 Å². The third-order valence-electron chi connectivity index (χ3n) is 2.72. The van der Waals surface area contributed by atoms with Gasteiger partial charge in [-0.05, 0) is 18.2 Å². The number of carbonyl (C=O) groups is 1. The van der Waals surface area contributed by atoms with Gasteiger partial charge >= 0.3 is 5.97 Å². The third-order valence-corrected chi connectivity index (χ3v) is 2.72. The van der Waals surface area contributed by atoms with Gasteiger partial charge in [0.15, 0.2) is 5.82 Å². The van der Waals surface area contributed by atoms with Gasteiger partial charge in [-0.1, -0.05) is 0 Å². The highest BCUT2D eigenvalue weighted by atomic mass is 16.5. The number of methoxy groups -OCH3 is 1. The lowest BCUT2D eigenvalue weighted by Gasteiger charge is -2.04. The van der Waals surface area contributed by atoms with Crippen LogP contribution in [0.4, 0.5) is 5.69 Å². The standard InChI is InChI=1S/C12H10N6O2/c1-20-12(19)10-16-6-18(17-10)11-8-4-7(13)2-3-9(8)14-5-15-11/h2-6H,13H2,1H3. The molecule has 3 aromatic rings. The molecule has 8 nitrogen and oxygen atoms in total. The highest BCUT2D eigenvalue weighted by molar-refractivity contribution is 5.88. The molecule has 20 heavy (non-hydrogen) atoms. The minimum Gasteiger partial charge on any atom is -0.463 e. The van der Waals surface area contributed by atoms with Gasteiger partial charge in [-0.3, -0.25) is 0 Å². The Morgan fingerprint density at radius 2 is 2.15 bits per heavy atom. The molecular weight excluding hydrogens is 260 g/mol. The van der Waals surface area contributed by atoms with Gasteiger partial charge in [0, 0.05) is 11.1 Å². The maximum atomic E-state index is 11.4. The molecule has 3 rings (SSSR count). The van der Waals surface area contributed by atoms with Crippen LogP contribution in [0.15, 0.2) is 30.9 Å². The van der Waals surface area contributed by atoms with Crippen molar-refractivity contribution in [2.75, 3.05) is 12.8 Å². The lowest BCUT2D eigenvalue weighted by atomic mass is 10.2. The Morgan fingerprint density at radius 1 is 1.30 bits per heavy atom. The molecule has 2 heterocycles. The maximum Gasteiger partial charge on any atom is 0.377 e. The van der Waals surface area contributed by atoms with Gasteiger partial charge in [0.1, 0.15) is 12.7 Å². The summed E-state index contributed by atoms with van der Waals surface area (Å²) in [6.07, 6.45) is 2.80. The number of nitrogens with zero attached hydrogens (tertiary/aromatic N) is 5. The number of hydrogen-bond acceptors (Lipinski definition) is 7. The van der Waals surface area contributed by atoms with Crippen molar-refractivity contribution in [1.29, 1.82) is 0 Å². The zero-order valence-electron chi connectivity index (χ0n) is 10.5. The van der Waals surface area contributed by atoms with Crippen molar-refractivity contribution in [3.05, 3.63) is 36.7 Å². The summed E-state index contributed by atoms with van der Waals surface area (Å²) in [4.78, 5) is 23.5. The van der Waals surface area contributed by atoms with Crippen LogP contribution >= 0.6 is 0 Å². The van der Waals surface area contributed by atoms with E-state index in [1.807, 2.05) is 0 Å². The van der Waals surface area contributed by atoms with E-state index < -0.39 is 5.97 Å². The van der Waals surface area contributed by atoms with E-state index >= 15 is 0 Å². The normalized spacial score (nSPS) is 10.7. The topological polar surface area (TPSA) is 109 Å². The Morgan fingerprint density at radius 3 is 2.95 bits per heavy atom. The number of rotatable bonds is 2. The Bertz CT molecular complexity index is 797. The van der Waals surface area contributed by atoms with E-state index in [1.165, 1.54) is 24.4 Å². The first-order chi connectivity index (χ1) is 9.69. The van der Waals surface area contributed by atoms with Gasteiger partial charge in [0.05, 0.1) is 12.6 Å². The van der Waals surface area contributed by atoms with Gasteiger partial charge in [-0.15, -0.1) is 5.10 Å². The number of nitrogens with two attached hydrogens (primary N) is 1. The van der Waals surface area contributed by atoms with E-state index in [9.17, 15) is 4.79 Å². The van der Waals surface area contributed by atoms with E-state index in [-0.39, 0.29) is 5.82 Å². The summed E-state index contributed by atoms with van der Waals surface area (Å²) in [6, 6.07) is 5.28. The first kappa shape index (κ1) is 12.0. The average Bonchev–Trinajstić information content (AvgIpc) is 2.95. The van der Waals surface area contributed by atoms with E-state index in [4.69, 9.17) is 5.73 Å². The van der Waals surface area contributed by atoms with E-state index in [0.29, 0.717) is 16.9 Å². The summed E-state index contributed by atoms with van der Waals surface area (Å²) in [5, 5.41) is 4.75. The summed E-state index contributed by atoms with van der Waals surface area (Å²) < 4.78 is 5.95. The quantitative estimate of drug-likeness (QED) is 0.535. The van der Waals surface area contributed by atoms with Gasteiger partial charge in [0.25, 0.3) is 5.82 Å². The highest BCUT2D eigenvalue weighted by Gasteiger charge is 2.14. The molecule has 100 valence electrons. The van der Waals surface area contributed by atoms with Gasteiger partial charge < -0.3 is 10.5 Å². The molecule has 0 aliphatic heterocycles. The Hall–Kier alpha value is -3.03. The molecular formula is C12H10N6O2. The fourth-order valence-electron chi connectivity index (χ4n) is 1.79. The molecule has 0 atom stereocenters. The summed E-state index contributed by atoms with van der Waals surface area (Å²) in [5.41, 5.74) is 7.08. The van der Waals surface area contributed by atoms with Crippen molar-refractivity contribution in [3.63, 3.8) is 0 Å². The molecule has 0 amide bonds. The fraction of sp³-hybridized carbons (Fsp3) is 0.0833. The second-order valence-electron chi connectivity index (χ2n) is 3.98. The number of carbonyl (C=O) groups excluding carboxylic acids is 1. The van der Waals surface area contributed by atoms with Crippen molar-refractivity contribution in [2.45, 2.75) is 0 Å². The summed E-state index contributed by atoms with van der Waals surface area (Å²) >= 11 is 0.